The molecule has 0 radical (unpaired) electrons. The molecule has 0 spiro atoms. The van der Waals surface area contributed by atoms with Crippen molar-refractivity contribution in [2.24, 2.45) is 0 Å². The standard InChI is InChI=1S/C13H18FNO.ClH/c1-16-13-7-4-8-15-12(13)9-10-5-2-3-6-11(10)14;/h2-3,5-6,12-13,15H,4,7-9H2,1H3;1H/t12-,13-;/m0./s1. The lowest BCUT2D eigenvalue weighted by molar-refractivity contribution is 0.0454. The van der Waals surface area contributed by atoms with Crippen molar-refractivity contribution in [2.75, 3.05) is 13.7 Å². The molecule has 1 aliphatic rings. The van der Waals surface area contributed by atoms with Crippen LogP contribution in [0, 0.1) is 5.82 Å². The highest BCUT2D eigenvalue weighted by Gasteiger charge is 2.25. The summed E-state index contributed by atoms with van der Waals surface area (Å²) >= 11 is 0. The smallest absolute Gasteiger partial charge is 0.126 e. The Labute approximate surface area is 108 Å². The lowest BCUT2D eigenvalue weighted by Gasteiger charge is -2.31. The van der Waals surface area contributed by atoms with E-state index in [1.54, 1.807) is 13.2 Å². The van der Waals surface area contributed by atoms with Crippen LogP contribution in [0.5, 0.6) is 0 Å². The summed E-state index contributed by atoms with van der Waals surface area (Å²) in [6.07, 6.45) is 3.09. The highest BCUT2D eigenvalue weighted by molar-refractivity contribution is 5.85. The second kappa shape index (κ2) is 6.94. The highest BCUT2D eigenvalue weighted by atomic mass is 35.5. The van der Waals surface area contributed by atoms with Crippen LogP contribution in [0.25, 0.3) is 0 Å². The summed E-state index contributed by atoms with van der Waals surface area (Å²) in [4.78, 5) is 0. The van der Waals surface area contributed by atoms with Crippen LogP contribution in [-0.4, -0.2) is 25.8 Å². The Morgan fingerprint density at radius 2 is 2.18 bits per heavy atom. The topological polar surface area (TPSA) is 21.3 Å². The fraction of sp³-hybridized carbons (Fsp3) is 0.538. The molecule has 17 heavy (non-hydrogen) atoms. The number of piperidine rings is 1. The second-order valence-corrected chi connectivity index (χ2v) is 4.27. The largest absolute Gasteiger partial charge is 0.380 e. The minimum Gasteiger partial charge on any atom is -0.380 e. The molecular weight excluding hydrogens is 241 g/mol. The van der Waals surface area contributed by atoms with E-state index in [2.05, 4.69) is 5.32 Å². The van der Waals surface area contributed by atoms with Crippen molar-refractivity contribution in [1.29, 1.82) is 0 Å². The van der Waals surface area contributed by atoms with Gasteiger partial charge in [0.1, 0.15) is 5.82 Å². The molecule has 1 aliphatic heterocycles. The minimum atomic E-state index is -0.121. The quantitative estimate of drug-likeness (QED) is 0.901. The first-order chi connectivity index (χ1) is 7.81. The van der Waals surface area contributed by atoms with Gasteiger partial charge in [0.15, 0.2) is 0 Å². The molecule has 2 nitrogen and oxygen atoms in total. The van der Waals surface area contributed by atoms with Crippen molar-refractivity contribution in [3.05, 3.63) is 35.6 Å². The van der Waals surface area contributed by atoms with E-state index >= 15 is 0 Å². The average Bonchev–Trinajstić information content (AvgIpc) is 2.33. The molecule has 4 heteroatoms. The lowest BCUT2D eigenvalue weighted by Crippen LogP contribution is -2.47. The SMILES string of the molecule is CO[C@H]1CCCN[C@H]1Cc1ccccc1F.Cl. The van der Waals surface area contributed by atoms with Gasteiger partial charge in [-0.05, 0) is 37.4 Å². The van der Waals surface area contributed by atoms with Gasteiger partial charge in [0.25, 0.3) is 0 Å². The van der Waals surface area contributed by atoms with Gasteiger partial charge in [-0.25, -0.2) is 4.39 Å². The second-order valence-electron chi connectivity index (χ2n) is 4.27. The first-order valence-electron chi connectivity index (χ1n) is 5.81. The molecule has 1 saturated heterocycles. The number of rotatable bonds is 3. The van der Waals surface area contributed by atoms with Crippen molar-refractivity contribution >= 4 is 12.4 Å². The maximum absolute atomic E-state index is 13.5. The van der Waals surface area contributed by atoms with Crippen LogP contribution in [0.1, 0.15) is 18.4 Å². The molecule has 1 N–H and O–H groups in total. The number of halogens is 2. The predicted molar refractivity (Wildman–Crippen MR) is 69.2 cm³/mol. The third-order valence-electron chi connectivity index (χ3n) is 3.22. The van der Waals surface area contributed by atoms with Gasteiger partial charge in [-0.3, -0.25) is 0 Å². The molecule has 2 atom stereocenters. The lowest BCUT2D eigenvalue weighted by atomic mass is 9.95. The van der Waals surface area contributed by atoms with Crippen molar-refractivity contribution in [3.63, 3.8) is 0 Å². The molecule has 0 unspecified atom stereocenters. The summed E-state index contributed by atoms with van der Waals surface area (Å²) in [5.41, 5.74) is 0.768. The zero-order chi connectivity index (χ0) is 11.4. The van der Waals surface area contributed by atoms with E-state index in [0.29, 0.717) is 6.42 Å². The molecule has 0 bridgehead atoms. The monoisotopic (exact) mass is 259 g/mol. The van der Waals surface area contributed by atoms with Gasteiger partial charge in [-0.15, -0.1) is 12.4 Å². The van der Waals surface area contributed by atoms with Gasteiger partial charge in [0, 0.05) is 13.2 Å². The summed E-state index contributed by atoms with van der Waals surface area (Å²) in [5.74, 6) is -0.121. The molecule has 0 aliphatic carbocycles. The molecule has 2 rings (SSSR count). The molecule has 1 aromatic carbocycles. The Morgan fingerprint density at radius 3 is 2.88 bits per heavy atom. The van der Waals surface area contributed by atoms with Gasteiger partial charge in [0.05, 0.1) is 6.10 Å². The minimum absolute atomic E-state index is 0. The molecule has 1 heterocycles. The van der Waals surface area contributed by atoms with Crippen LogP contribution in [0.15, 0.2) is 24.3 Å². The van der Waals surface area contributed by atoms with E-state index in [0.717, 1.165) is 24.9 Å². The van der Waals surface area contributed by atoms with Crippen molar-refractivity contribution < 1.29 is 9.13 Å². The van der Waals surface area contributed by atoms with Crippen molar-refractivity contribution in [2.45, 2.75) is 31.4 Å². The third kappa shape index (κ3) is 3.66. The van der Waals surface area contributed by atoms with Crippen molar-refractivity contribution in [3.8, 4) is 0 Å². The first-order valence-corrected chi connectivity index (χ1v) is 5.81. The number of ether oxygens (including phenoxy) is 1. The first kappa shape index (κ1) is 14.4. The summed E-state index contributed by atoms with van der Waals surface area (Å²) in [7, 11) is 1.73. The molecule has 1 aromatic rings. The van der Waals surface area contributed by atoms with E-state index in [1.807, 2.05) is 12.1 Å². The molecule has 1 fully saturated rings. The number of nitrogens with one attached hydrogen (secondary N) is 1. The van der Waals surface area contributed by atoms with E-state index in [-0.39, 0.29) is 30.4 Å². The summed E-state index contributed by atoms with van der Waals surface area (Å²) in [6, 6.07) is 7.19. The van der Waals surface area contributed by atoms with E-state index in [9.17, 15) is 4.39 Å². The van der Waals surface area contributed by atoms with Crippen LogP contribution in [0.3, 0.4) is 0 Å². The van der Waals surface area contributed by atoms with Crippen LogP contribution in [0.4, 0.5) is 4.39 Å². The number of hydrogen-bond donors (Lipinski definition) is 1. The maximum Gasteiger partial charge on any atom is 0.126 e. The molecular formula is C13H19ClFNO. The number of hydrogen-bond acceptors (Lipinski definition) is 2. The summed E-state index contributed by atoms with van der Waals surface area (Å²) < 4.78 is 18.9. The summed E-state index contributed by atoms with van der Waals surface area (Å²) in [5, 5.41) is 3.40. The fourth-order valence-corrected chi connectivity index (χ4v) is 2.31. The molecule has 0 amide bonds. The van der Waals surface area contributed by atoms with E-state index in [1.165, 1.54) is 6.07 Å². The van der Waals surface area contributed by atoms with Crippen LogP contribution >= 0.6 is 12.4 Å². The zero-order valence-corrected chi connectivity index (χ0v) is 10.8. The van der Waals surface area contributed by atoms with Crippen LogP contribution < -0.4 is 5.32 Å². The molecule has 0 aromatic heterocycles. The van der Waals surface area contributed by atoms with Gasteiger partial charge < -0.3 is 10.1 Å². The van der Waals surface area contributed by atoms with Gasteiger partial charge in [-0.2, -0.15) is 0 Å². The molecule has 0 saturated carbocycles. The Balaban J connectivity index is 0.00000144. The summed E-state index contributed by atoms with van der Waals surface area (Å²) in [6.45, 7) is 0.999. The van der Waals surface area contributed by atoms with E-state index in [4.69, 9.17) is 4.74 Å². The fourth-order valence-electron chi connectivity index (χ4n) is 2.31. The van der Waals surface area contributed by atoms with Gasteiger partial charge in [0.2, 0.25) is 0 Å². The molecule has 96 valence electrons. The highest BCUT2D eigenvalue weighted by Crippen LogP contribution is 2.17. The Morgan fingerprint density at radius 1 is 1.41 bits per heavy atom. The van der Waals surface area contributed by atoms with Gasteiger partial charge in [-0.1, -0.05) is 18.2 Å². The van der Waals surface area contributed by atoms with Crippen LogP contribution in [-0.2, 0) is 11.2 Å². The maximum atomic E-state index is 13.5. The number of methoxy groups -OCH3 is 1. The predicted octanol–water partition coefficient (Wildman–Crippen LogP) is 2.56. The zero-order valence-electron chi connectivity index (χ0n) is 9.99. The number of benzene rings is 1. The van der Waals surface area contributed by atoms with E-state index < -0.39 is 0 Å². The third-order valence-corrected chi connectivity index (χ3v) is 3.22. The van der Waals surface area contributed by atoms with Crippen LogP contribution in [0.2, 0.25) is 0 Å². The van der Waals surface area contributed by atoms with Crippen molar-refractivity contribution in [1.82, 2.24) is 5.32 Å². The Hall–Kier alpha value is -0.640. The average molecular weight is 260 g/mol. The Bertz CT molecular complexity index is 348. The van der Waals surface area contributed by atoms with Gasteiger partial charge >= 0.3 is 0 Å². The Kier molecular flexibility index (Phi) is 5.89. The normalized spacial score (nSPS) is 24.1.